The zero-order valence-electron chi connectivity index (χ0n) is 18.9. The van der Waals surface area contributed by atoms with Gasteiger partial charge in [-0.05, 0) is 72.9 Å². The molecule has 5 heteroatoms. The molecule has 0 bridgehead atoms. The van der Waals surface area contributed by atoms with E-state index in [2.05, 4.69) is 83.4 Å². The molecule has 4 nitrogen and oxygen atoms in total. The summed E-state index contributed by atoms with van der Waals surface area (Å²) in [7, 11) is 0. The predicted octanol–water partition coefficient (Wildman–Crippen LogP) is 6.69. The Morgan fingerprint density at radius 1 is 0.969 bits per heavy atom. The van der Waals surface area contributed by atoms with Crippen molar-refractivity contribution in [2.45, 2.75) is 70.0 Å². The average Bonchev–Trinajstić information content (AvgIpc) is 3.44. The number of nitrogens with zero attached hydrogens (tertiary/aromatic N) is 3. The van der Waals surface area contributed by atoms with E-state index in [1.165, 1.54) is 43.4 Å². The lowest BCUT2D eigenvalue weighted by molar-refractivity contribution is 0.340. The Kier molecular flexibility index (Phi) is 6.01. The number of anilines is 1. The minimum Gasteiger partial charge on any atom is -0.351 e. The summed E-state index contributed by atoms with van der Waals surface area (Å²) in [6, 6.07) is 20.1. The molecule has 1 N–H and O–H groups in total. The molecule has 3 heterocycles. The number of hydrogen-bond acceptors (Lipinski definition) is 2. The molecule has 0 amide bonds. The first-order valence-electron chi connectivity index (χ1n) is 11.9. The Morgan fingerprint density at radius 3 is 2.44 bits per heavy atom. The van der Waals surface area contributed by atoms with Crippen LogP contribution in [0.5, 0.6) is 0 Å². The number of nitrogens with one attached hydrogen (secondary N) is 1. The second kappa shape index (κ2) is 9.07. The minimum absolute atomic E-state index is 0.00529. The summed E-state index contributed by atoms with van der Waals surface area (Å²) in [6.45, 7) is 4.46. The SMILES string of the molecule is CC(C)c1ccc(N2C(=S)N[C@@H](c3ccccn3)[C@@H]2c2cccn2C2CCCCC2)cc1. The second-order valence-corrected chi connectivity index (χ2v) is 9.76. The molecule has 166 valence electrons. The fourth-order valence-electron chi connectivity index (χ4n) is 5.30. The van der Waals surface area contributed by atoms with Gasteiger partial charge in [0.15, 0.2) is 5.11 Å². The summed E-state index contributed by atoms with van der Waals surface area (Å²) < 4.78 is 2.52. The van der Waals surface area contributed by atoms with Crippen LogP contribution in [0.4, 0.5) is 5.69 Å². The largest absolute Gasteiger partial charge is 0.351 e. The summed E-state index contributed by atoms with van der Waals surface area (Å²) >= 11 is 5.91. The highest BCUT2D eigenvalue weighted by molar-refractivity contribution is 7.80. The van der Waals surface area contributed by atoms with Crippen molar-refractivity contribution < 1.29 is 0 Å². The molecule has 32 heavy (non-hydrogen) atoms. The monoisotopic (exact) mass is 444 g/mol. The normalized spacial score (nSPS) is 21.8. The third kappa shape index (κ3) is 3.95. The van der Waals surface area contributed by atoms with Crippen molar-refractivity contribution in [3.63, 3.8) is 0 Å². The van der Waals surface area contributed by atoms with Crippen molar-refractivity contribution in [2.75, 3.05) is 4.90 Å². The fourth-order valence-corrected chi connectivity index (χ4v) is 5.65. The highest BCUT2D eigenvalue weighted by Crippen LogP contribution is 2.43. The van der Waals surface area contributed by atoms with Gasteiger partial charge in [-0.15, -0.1) is 0 Å². The molecular formula is C27H32N4S. The molecule has 1 aromatic carbocycles. The van der Waals surface area contributed by atoms with Gasteiger partial charge in [0.25, 0.3) is 0 Å². The van der Waals surface area contributed by atoms with E-state index in [4.69, 9.17) is 17.2 Å². The zero-order valence-corrected chi connectivity index (χ0v) is 19.8. The van der Waals surface area contributed by atoms with Crippen LogP contribution in [0.15, 0.2) is 67.0 Å². The van der Waals surface area contributed by atoms with Crippen LogP contribution < -0.4 is 10.2 Å². The summed E-state index contributed by atoms with van der Waals surface area (Å²) in [5, 5.41) is 4.37. The second-order valence-electron chi connectivity index (χ2n) is 9.37. The van der Waals surface area contributed by atoms with Crippen LogP contribution >= 0.6 is 12.2 Å². The lowest BCUT2D eigenvalue weighted by atomic mass is 9.94. The van der Waals surface area contributed by atoms with E-state index in [0.717, 1.165) is 16.5 Å². The highest BCUT2D eigenvalue weighted by atomic mass is 32.1. The van der Waals surface area contributed by atoms with E-state index in [9.17, 15) is 0 Å². The summed E-state index contributed by atoms with van der Waals surface area (Å²) in [6.07, 6.45) is 10.6. The quantitative estimate of drug-likeness (QED) is 0.445. The maximum absolute atomic E-state index is 5.91. The molecule has 3 aromatic rings. The van der Waals surface area contributed by atoms with Crippen LogP contribution in [0.2, 0.25) is 0 Å². The van der Waals surface area contributed by atoms with Crippen molar-refractivity contribution in [1.82, 2.24) is 14.9 Å². The van der Waals surface area contributed by atoms with Gasteiger partial charge in [0.2, 0.25) is 0 Å². The Balaban J connectivity index is 1.58. The van der Waals surface area contributed by atoms with Gasteiger partial charge in [-0.1, -0.05) is 51.3 Å². The van der Waals surface area contributed by atoms with Crippen LogP contribution in [0.1, 0.15) is 86.9 Å². The zero-order chi connectivity index (χ0) is 22.1. The summed E-state index contributed by atoms with van der Waals surface area (Å²) in [5.74, 6) is 0.508. The van der Waals surface area contributed by atoms with Crippen LogP contribution in [-0.4, -0.2) is 14.7 Å². The number of hydrogen-bond donors (Lipinski definition) is 1. The van der Waals surface area contributed by atoms with Gasteiger partial charge in [0, 0.05) is 29.8 Å². The molecule has 2 aromatic heterocycles. The van der Waals surface area contributed by atoms with Crippen molar-refractivity contribution in [1.29, 1.82) is 0 Å². The molecule has 2 fully saturated rings. The van der Waals surface area contributed by atoms with E-state index in [0.29, 0.717) is 12.0 Å². The lowest BCUT2D eigenvalue weighted by Gasteiger charge is -2.32. The third-order valence-electron chi connectivity index (χ3n) is 7.02. The molecule has 5 rings (SSSR count). The molecule has 2 atom stereocenters. The molecule has 0 radical (unpaired) electrons. The maximum Gasteiger partial charge on any atom is 0.174 e. The molecule has 1 aliphatic heterocycles. The van der Waals surface area contributed by atoms with E-state index in [-0.39, 0.29) is 12.1 Å². The van der Waals surface area contributed by atoms with Gasteiger partial charge in [-0.25, -0.2) is 0 Å². The fraction of sp³-hybridized carbons (Fsp3) is 0.407. The van der Waals surface area contributed by atoms with Crippen LogP contribution in [0.3, 0.4) is 0 Å². The summed E-state index contributed by atoms with van der Waals surface area (Å²) in [5.41, 5.74) is 4.81. The van der Waals surface area contributed by atoms with Gasteiger partial charge in [-0.3, -0.25) is 4.98 Å². The molecule has 1 saturated heterocycles. The number of thiocarbonyl (C=S) groups is 1. The van der Waals surface area contributed by atoms with Gasteiger partial charge in [0.05, 0.1) is 11.7 Å². The first kappa shape index (κ1) is 21.2. The Bertz CT molecular complexity index is 1050. The Labute approximate surface area is 196 Å². The van der Waals surface area contributed by atoms with E-state index in [1.54, 1.807) is 0 Å². The molecule has 1 saturated carbocycles. The molecule has 0 unspecified atom stereocenters. The third-order valence-corrected chi connectivity index (χ3v) is 7.33. The van der Waals surface area contributed by atoms with Crippen molar-refractivity contribution in [2.24, 2.45) is 0 Å². The van der Waals surface area contributed by atoms with Gasteiger partial charge in [-0.2, -0.15) is 0 Å². The van der Waals surface area contributed by atoms with Crippen LogP contribution in [0.25, 0.3) is 0 Å². The van der Waals surface area contributed by atoms with Gasteiger partial charge >= 0.3 is 0 Å². The number of pyridine rings is 1. The first-order valence-corrected chi connectivity index (χ1v) is 12.3. The maximum atomic E-state index is 5.91. The standard InChI is InChI=1S/C27H32N4S/c1-19(2)20-13-15-22(16-14-20)31-26(25(29-27(31)32)23-11-6-7-17-28-23)24-12-8-18-30(24)21-9-4-3-5-10-21/h6-8,11-19,21,25-26H,3-5,9-10H2,1-2H3,(H,29,32)/t25-,26-/m0/s1. The van der Waals surface area contributed by atoms with Gasteiger partial charge < -0.3 is 14.8 Å². The molecule has 2 aliphatic rings. The van der Waals surface area contributed by atoms with E-state index >= 15 is 0 Å². The smallest absolute Gasteiger partial charge is 0.174 e. The van der Waals surface area contributed by atoms with Crippen LogP contribution in [-0.2, 0) is 0 Å². The number of benzene rings is 1. The van der Waals surface area contributed by atoms with Crippen molar-refractivity contribution >= 4 is 23.0 Å². The molecular weight excluding hydrogens is 412 g/mol. The lowest BCUT2D eigenvalue weighted by Crippen LogP contribution is -2.31. The minimum atomic E-state index is 0.00529. The highest BCUT2D eigenvalue weighted by Gasteiger charge is 2.42. The Morgan fingerprint density at radius 2 is 1.75 bits per heavy atom. The molecule has 0 spiro atoms. The van der Waals surface area contributed by atoms with Crippen molar-refractivity contribution in [3.8, 4) is 0 Å². The summed E-state index contributed by atoms with van der Waals surface area (Å²) in [4.78, 5) is 7.00. The predicted molar refractivity (Wildman–Crippen MR) is 135 cm³/mol. The van der Waals surface area contributed by atoms with Crippen molar-refractivity contribution in [3.05, 3.63) is 83.9 Å². The topological polar surface area (TPSA) is 33.1 Å². The van der Waals surface area contributed by atoms with Gasteiger partial charge in [0.1, 0.15) is 6.04 Å². The average molecular weight is 445 g/mol. The van der Waals surface area contributed by atoms with E-state index in [1.807, 2.05) is 12.3 Å². The molecule has 1 aliphatic carbocycles. The number of rotatable bonds is 5. The van der Waals surface area contributed by atoms with E-state index < -0.39 is 0 Å². The van der Waals surface area contributed by atoms with Crippen LogP contribution in [0, 0.1) is 0 Å². The first-order chi connectivity index (χ1) is 15.6. The number of aromatic nitrogens is 2. The Hall–Kier alpha value is -2.66.